The van der Waals surface area contributed by atoms with Crippen LogP contribution in [0, 0.1) is 0 Å². The molecule has 1 aliphatic heterocycles. The summed E-state index contributed by atoms with van der Waals surface area (Å²) in [5.41, 5.74) is 2.39. The quantitative estimate of drug-likeness (QED) is 0.493. The molecule has 26 heavy (non-hydrogen) atoms. The minimum absolute atomic E-state index is 0.122. The Morgan fingerprint density at radius 3 is 2.54 bits per heavy atom. The number of hydrogen-bond acceptors (Lipinski definition) is 3. The van der Waals surface area contributed by atoms with Crippen LogP contribution in [0.25, 0.3) is 0 Å². The van der Waals surface area contributed by atoms with Crippen LogP contribution in [0.4, 0.5) is 0 Å². The number of hydrogen-bond donors (Lipinski definition) is 0. The van der Waals surface area contributed by atoms with E-state index in [4.69, 9.17) is 9.47 Å². The number of fused-ring (bicyclic) bond motifs is 1. The van der Waals surface area contributed by atoms with E-state index in [0.29, 0.717) is 23.6 Å². The third-order valence-electron chi connectivity index (χ3n) is 4.19. The van der Waals surface area contributed by atoms with Crippen molar-refractivity contribution < 1.29 is 14.3 Å². The highest BCUT2D eigenvalue weighted by Crippen LogP contribution is 2.41. The number of benzene rings is 2. The Labute approximate surface area is 161 Å². The second kappa shape index (κ2) is 7.79. The number of carbonyl (C=O) groups excluding carboxylic acids is 1. The minimum Gasteiger partial charge on any atom is -0.454 e. The van der Waals surface area contributed by atoms with Crippen molar-refractivity contribution in [3.05, 3.63) is 82.9 Å². The summed E-state index contributed by atoms with van der Waals surface area (Å²) in [5.74, 6) is 1.23. The fraction of sp³-hybridized carbons (Fsp3) is 0.190. The van der Waals surface area contributed by atoms with Gasteiger partial charge in [0, 0.05) is 16.6 Å². The van der Waals surface area contributed by atoms with Crippen molar-refractivity contribution in [2.24, 2.45) is 0 Å². The second-order valence-corrected chi connectivity index (χ2v) is 6.96. The molecular weight excluding hydrogens is 394 g/mol. The molecule has 2 aromatic carbocycles. The van der Waals surface area contributed by atoms with Gasteiger partial charge in [-0.25, -0.2) is 0 Å². The van der Waals surface area contributed by atoms with Crippen LogP contribution in [-0.4, -0.2) is 17.6 Å². The zero-order valence-electron chi connectivity index (χ0n) is 14.6. The number of ether oxygens (including phenoxy) is 2. The first-order valence-corrected chi connectivity index (χ1v) is 9.02. The van der Waals surface area contributed by atoms with Crippen molar-refractivity contribution in [2.75, 3.05) is 6.79 Å². The van der Waals surface area contributed by atoms with Crippen LogP contribution in [0.5, 0.6) is 11.5 Å². The highest BCUT2D eigenvalue weighted by atomic mass is 79.9. The Morgan fingerprint density at radius 2 is 1.92 bits per heavy atom. The Hall–Kier alpha value is -2.53. The normalized spacial score (nSPS) is 13.2. The summed E-state index contributed by atoms with van der Waals surface area (Å²) in [5, 5.41) is 0. The van der Waals surface area contributed by atoms with Crippen LogP contribution in [-0.2, 0) is 11.3 Å². The molecule has 0 aromatic heterocycles. The number of amides is 1. The summed E-state index contributed by atoms with van der Waals surface area (Å²) in [6.07, 6.45) is 1.76. The average molecular weight is 414 g/mol. The lowest BCUT2D eigenvalue weighted by Crippen LogP contribution is -2.34. The van der Waals surface area contributed by atoms with Gasteiger partial charge in [0.15, 0.2) is 11.5 Å². The maximum atomic E-state index is 12.9. The fourth-order valence-corrected chi connectivity index (χ4v) is 3.46. The van der Waals surface area contributed by atoms with Crippen LogP contribution in [0.1, 0.15) is 24.1 Å². The highest BCUT2D eigenvalue weighted by Gasteiger charge is 2.27. The first kappa shape index (κ1) is 18.3. The van der Waals surface area contributed by atoms with Gasteiger partial charge in [-0.3, -0.25) is 4.79 Å². The molecule has 1 atom stereocenters. The van der Waals surface area contributed by atoms with Crippen molar-refractivity contribution in [3.8, 4) is 11.5 Å². The summed E-state index contributed by atoms with van der Waals surface area (Å²) < 4.78 is 11.7. The fourth-order valence-electron chi connectivity index (χ4n) is 2.90. The van der Waals surface area contributed by atoms with Gasteiger partial charge in [0.2, 0.25) is 12.7 Å². The van der Waals surface area contributed by atoms with Gasteiger partial charge in [-0.1, -0.05) is 58.9 Å². The Balaban J connectivity index is 2.01. The molecule has 0 radical (unpaired) electrons. The minimum atomic E-state index is -0.344. The molecule has 5 heteroatoms. The summed E-state index contributed by atoms with van der Waals surface area (Å²) in [7, 11) is 0. The van der Waals surface area contributed by atoms with E-state index in [1.54, 1.807) is 17.9 Å². The molecule has 0 fully saturated rings. The standard InChI is InChI=1S/C21H20BrNO3/c1-4-18(16-10-19-20(11-17(16)22)26-13-25-19)23(21(24)14(2)3)12-15-8-6-5-7-9-15/h4-11,18H,1-2,12-13H2,3H3. The van der Waals surface area contributed by atoms with E-state index in [1.807, 2.05) is 42.5 Å². The monoisotopic (exact) mass is 413 g/mol. The van der Waals surface area contributed by atoms with Gasteiger partial charge in [-0.15, -0.1) is 6.58 Å². The Morgan fingerprint density at radius 1 is 1.27 bits per heavy atom. The molecule has 0 aliphatic carbocycles. The van der Waals surface area contributed by atoms with E-state index in [-0.39, 0.29) is 18.7 Å². The van der Waals surface area contributed by atoms with Gasteiger partial charge in [0.05, 0.1) is 6.04 Å². The lowest BCUT2D eigenvalue weighted by Gasteiger charge is -2.31. The van der Waals surface area contributed by atoms with E-state index >= 15 is 0 Å². The van der Waals surface area contributed by atoms with E-state index in [2.05, 4.69) is 29.1 Å². The smallest absolute Gasteiger partial charge is 0.249 e. The molecule has 1 amide bonds. The largest absolute Gasteiger partial charge is 0.454 e. The first-order valence-electron chi connectivity index (χ1n) is 8.23. The van der Waals surface area contributed by atoms with Gasteiger partial charge in [0.1, 0.15) is 0 Å². The summed E-state index contributed by atoms with van der Waals surface area (Å²) in [6.45, 7) is 10.1. The lowest BCUT2D eigenvalue weighted by atomic mass is 10.0. The molecule has 3 rings (SSSR count). The number of carbonyl (C=O) groups is 1. The molecule has 1 unspecified atom stereocenters. The number of nitrogens with zero attached hydrogens (tertiary/aromatic N) is 1. The van der Waals surface area contributed by atoms with Crippen molar-refractivity contribution in [2.45, 2.75) is 19.5 Å². The molecule has 0 saturated carbocycles. The topological polar surface area (TPSA) is 38.8 Å². The van der Waals surface area contributed by atoms with E-state index in [1.165, 1.54) is 0 Å². The summed E-state index contributed by atoms with van der Waals surface area (Å²) in [6, 6.07) is 13.3. The van der Waals surface area contributed by atoms with Gasteiger partial charge >= 0.3 is 0 Å². The van der Waals surface area contributed by atoms with Gasteiger partial charge in [-0.2, -0.15) is 0 Å². The number of halogens is 1. The molecule has 1 heterocycles. The molecule has 4 nitrogen and oxygen atoms in total. The predicted molar refractivity (Wildman–Crippen MR) is 105 cm³/mol. The molecule has 0 spiro atoms. The van der Waals surface area contributed by atoms with Gasteiger partial charge < -0.3 is 14.4 Å². The van der Waals surface area contributed by atoms with E-state index in [9.17, 15) is 4.79 Å². The Bertz CT molecular complexity index is 848. The third kappa shape index (κ3) is 3.68. The van der Waals surface area contributed by atoms with Crippen LogP contribution >= 0.6 is 15.9 Å². The van der Waals surface area contributed by atoms with Gasteiger partial charge in [-0.05, 0) is 30.2 Å². The number of rotatable bonds is 6. The van der Waals surface area contributed by atoms with Gasteiger partial charge in [0.25, 0.3) is 0 Å². The molecule has 0 saturated heterocycles. The van der Waals surface area contributed by atoms with E-state index in [0.717, 1.165) is 15.6 Å². The molecular formula is C21H20BrNO3. The van der Waals surface area contributed by atoms with E-state index < -0.39 is 0 Å². The Kier molecular flexibility index (Phi) is 5.47. The molecule has 0 bridgehead atoms. The van der Waals surface area contributed by atoms with Crippen molar-refractivity contribution in [3.63, 3.8) is 0 Å². The van der Waals surface area contributed by atoms with Crippen LogP contribution in [0.15, 0.2) is 71.7 Å². The predicted octanol–water partition coefficient (Wildman–Crippen LogP) is 5.01. The molecule has 0 N–H and O–H groups in total. The van der Waals surface area contributed by atoms with Crippen LogP contribution in [0.3, 0.4) is 0 Å². The molecule has 1 aliphatic rings. The lowest BCUT2D eigenvalue weighted by molar-refractivity contribution is -0.129. The second-order valence-electron chi connectivity index (χ2n) is 6.11. The third-order valence-corrected chi connectivity index (χ3v) is 4.88. The van der Waals surface area contributed by atoms with Crippen LogP contribution in [0.2, 0.25) is 0 Å². The molecule has 134 valence electrons. The SMILES string of the molecule is C=CC(c1cc2c(cc1Br)OCO2)N(Cc1ccccc1)C(=O)C(=C)C. The van der Waals surface area contributed by atoms with Crippen molar-refractivity contribution in [1.29, 1.82) is 0 Å². The summed E-state index contributed by atoms with van der Waals surface area (Å²) >= 11 is 3.59. The van der Waals surface area contributed by atoms with Crippen molar-refractivity contribution >= 4 is 21.8 Å². The average Bonchev–Trinajstić information content (AvgIpc) is 3.08. The first-order chi connectivity index (χ1) is 12.5. The molecule has 2 aromatic rings. The maximum Gasteiger partial charge on any atom is 0.249 e. The zero-order valence-corrected chi connectivity index (χ0v) is 16.2. The summed E-state index contributed by atoms with van der Waals surface area (Å²) in [4.78, 5) is 14.6. The van der Waals surface area contributed by atoms with Crippen molar-refractivity contribution in [1.82, 2.24) is 4.90 Å². The van der Waals surface area contributed by atoms with Crippen LogP contribution < -0.4 is 9.47 Å². The highest BCUT2D eigenvalue weighted by molar-refractivity contribution is 9.10. The maximum absolute atomic E-state index is 12.9. The zero-order chi connectivity index (χ0) is 18.7.